The third-order valence-corrected chi connectivity index (χ3v) is 5.61. The highest BCUT2D eigenvalue weighted by atomic mass is 16.2. The topological polar surface area (TPSA) is 49.4 Å². The second-order valence-electron chi connectivity index (χ2n) is 7.27. The van der Waals surface area contributed by atoms with Gasteiger partial charge >= 0.3 is 0 Å². The van der Waals surface area contributed by atoms with Gasteiger partial charge in [0.1, 0.15) is 0 Å². The van der Waals surface area contributed by atoms with Gasteiger partial charge in [0.25, 0.3) is 5.91 Å². The highest BCUT2D eigenvalue weighted by Gasteiger charge is 2.29. The van der Waals surface area contributed by atoms with Crippen molar-refractivity contribution in [1.82, 2.24) is 0 Å². The van der Waals surface area contributed by atoms with Crippen LogP contribution in [0.3, 0.4) is 0 Å². The van der Waals surface area contributed by atoms with Crippen LogP contribution in [0.1, 0.15) is 22.8 Å². The number of benzene rings is 4. The van der Waals surface area contributed by atoms with Crippen molar-refractivity contribution < 1.29 is 9.59 Å². The monoisotopic (exact) mass is 380 g/mol. The number of rotatable bonds is 4. The lowest BCUT2D eigenvalue weighted by atomic mass is 10.0. The first-order valence-corrected chi connectivity index (χ1v) is 9.81. The minimum Gasteiger partial charge on any atom is -0.325 e. The molecule has 0 radical (unpaired) electrons. The Balaban J connectivity index is 1.49. The third kappa shape index (κ3) is 2.76. The lowest BCUT2D eigenvalue weighted by molar-refractivity contribution is -0.115. The second-order valence-corrected chi connectivity index (χ2v) is 7.27. The molecular weight excluding hydrogens is 360 g/mol. The Hall–Kier alpha value is -3.66. The Bertz CT molecular complexity index is 1290. The van der Waals surface area contributed by atoms with Crippen LogP contribution in [0, 0.1) is 0 Å². The number of nitrogens with one attached hydrogen (secondary N) is 1. The van der Waals surface area contributed by atoms with E-state index in [1.54, 1.807) is 4.90 Å². The van der Waals surface area contributed by atoms with Crippen molar-refractivity contribution in [3.8, 4) is 0 Å². The normalized spacial score (nSPS) is 12.7. The zero-order valence-electron chi connectivity index (χ0n) is 16.1. The van der Waals surface area contributed by atoms with Gasteiger partial charge in [-0.1, -0.05) is 54.6 Å². The first kappa shape index (κ1) is 17.4. The molecule has 0 fully saturated rings. The zero-order chi connectivity index (χ0) is 20.0. The van der Waals surface area contributed by atoms with E-state index in [4.69, 9.17) is 0 Å². The molecule has 0 spiro atoms. The van der Waals surface area contributed by atoms with Crippen LogP contribution in [0.15, 0.2) is 72.8 Å². The average molecular weight is 380 g/mol. The zero-order valence-corrected chi connectivity index (χ0v) is 16.1. The Labute approximate surface area is 168 Å². The van der Waals surface area contributed by atoms with Gasteiger partial charge in [-0.25, -0.2) is 0 Å². The number of fused-ring (bicyclic) bond motifs is 1. The first-order chi connectivity index (χ1) is 14.2. The Morgan fingerprint density at radius 3 is 2.52 bits per heavy atom. The highest BCUT2D eigenvalue weighted by Crippen LogP contribution is 2.40. The molecule has 2 amide bonds. The third-order valence-electron chi connectivity index (χ3n) is 5.61. The van der Waals surface area contributed by atoms with Gasteiger partial charge in [0.15, 0.2) is 0 Å². The molecule has 0 bridgehead atoms. The summed E-state index contributed by atoms with van der Waals surface area (Å²) in [6, 6.07) is 23.6. The fourth-order valence-electron chi connectivity index (χ4n) is 4.28. The van der Waals surface area contributed by atoms with E-state index in [2.05, 4.69) is 17.4 Å². The number of hydrogen-bond donors (Lipinski definition) is 1. The molecule has 0 aromatic heterocycles. The summed E-state index contributed by atoms with van der Waals surface area (Å²) >= 11 is 0. The number of hydrogen-bond acceptors (Lipinski definition) is 2. The average Bonchev–Trinajstić information content (AvgIpc) is 3.03. The van der Waals surface area contributed by atoms with Gasteiger partial charge in [-0.3, -0.25) is 9.59 Å². The van der Waals surface area contributed by atoms with E-state index in [0.717, 1.165) is 38.5 Å². The fraction of sp³-hybridized carbons (Fsp3) is 0.120. The molecule has 4 nitrogen and oxygen atoms in total. The van der Waals surface area contributed by atoms with E-state index in [0.29, 0.717) is 18.5 Å². The molecule has 1 aliphatic rings. The smallest absolute Gasteiger partial charge is 0.258 e. The highest BCUT2D eigenvalue weighted by molar-refractivity contribution is 6.27. The predicted molar refractivity (Wildman–Crippen MR) is 118 cm³/mol. The molecule has 1 N–H and O–H groups in total. The first-order valence-electron chi connectivity index (χ1n) is 9.81. The molecular formula is C25H20N2O2. The van der Waals surface area contributed by atoms with Crippen LogP contribution in [0.2, 0.25) is 0 Å². The SMILES string of the molecule is CCN1C(=O)c2cccc3c(NC(=O)Cc4cccc5ccccc45)ccc1c23. The van der Waals surface area contributed by atoms with Crippen molar-refractivity contribution in [2.75, 3.05) is 16.8 Å². The largest absolute Gasteiger partial charge is 0.325 e. The summed E-state index contributed by atoms with van der Waals surface area (Å²) in [6.07, 6.45) is 0.296. The number of anilines is 2. The molecule has 1 aliphatic heterocycles. The van der Waals surface area contributed by atoms with Gasteiger partial charge in [0, 0.05) is 28.6 Å². The number of amides is 2. The van der Waals surface area contributed by atoms with Gasteiger partial charge < -0.3 is 10.2 Å². The molecule has 4 heteroatoms. The van der Waals surface area contributed by atoms with E-state index in [1.165, 1.54) is 0 Å². The van der Waals surface area contributed by atoms with Crippen molar-refractivity contribution in [2.45, 2.75) is 13.3 Å². The minimum absolute atomic E-state index is 0.0207. The van der Waals surface area contributed by atoms with Gasteiger partial charge in [0.2, 0.25) is 5.91 Å². The second kappa shape index (κ2) is 6.74. The fourth-order valence-corrected chi connectivity index (χ4v) is 4.28. The molecule has 4 aromatic carbocycles. The van der Waals surface area contributed by atoms with Gasteiger partial charge in [-0.05, 0) is 41.5 Å². The minimum atomic E-state index is -0.0706. The summed E-state index contributed by atoms with van der Waals surface area (Å²) in [5.74, 6) is -0.0499. The van der Waals surface area contributed by atoms with E-state index < -0.39 is 0 Å². The predicted octanol–water partition coefficient (Wildman–Crippen LogP) is 5.15. The Morgan fingerprint density at radius 1 is 0.897 bits per heavy atom. The summed E-state index contributed by atoms with van der Waals surface area (Å²) in [4.78, 5) is 27.3. The maximum atomic E-state index is 12.9. The van der Waals surface area contributed by atoms with Crippen molar-refractivity contribution >= 4 is 44.7 Å². The van der Waals surface area contributed by atoms with E-state index >= 15 is 0 Å². The maximum absolute atomic E-state index is 12.9. The molecule has 0 aliphatic carbocycles. The summed E-state index contributed by atoms with van der Waals surface area (Å²) in [7, 11) is 0. The van der Waals surface area contributed by atoms with E-state index in [9.17, 15) is 9.59 Å². The van der Waals surface area contributed by atoms with E-state index in [-0.39, 0.29) is 11.8 Å². The molecule has 1 heterocycles. The quantitative estimate of drug-likeness (QED) is 0.532. The molecule has 29 heavy (non-hydrogen) atoms. The van der Waals surface area contributed by atoms with E-state index in [1.807, 2.05) is 67.6 Å². The Kier molecular flexibility index (Phi) is 4.06. The van der Waals surface area contributed by atoms with Gasteiger partial charge in [-0.2, -0.15) is 0 Å². The van der Waals surface area contributed by atoms with Crippen LogP contribution >= 0.6 is 0 Å². The molecule has 0 saturated heterocycles. The lowest BCUT2D eigenvalue weighted by Gasteiger charge is -2.15. The van der Waals surface area contributed by atoms with Crippen LogP contribution in [-0.4, -0.2) is 18.4 Å². The van der Waals surface area contributed by atoms with Crippen LogP contribution in [0.5, 0.6) is 0 Å². The van der Waals surface area contributed by atoms with Gasteiger partial charge in [-0.15, -0.1) is 0 Å². The summed E-state index contributed by atoms with van der Waals surface area (Å²) < 4.78 is 0. The number of carbonyl (C=O) groups is 2. The Morgan fingerprint density at radius 2 is 1.66 bits per heavy atom. The van der Waals surface area contributed by atoms with Crippen LogP contribution in [0.4, 0.5) is 11.4 Å². The molecule has 5 rings (SSSR count). The summed E-state index contributed by atoms with van der Waals surface area (Å²) in [6.45, 7) is 2.59. The number of carbonyl (C=O) groups excluding carboxylic acids is 2. The molecule has 142 valence electrons. The van der Waals surface area contributed by atoms with Crippen molar-refractivity contribution in [1.29, 1.82) is 0 Å². The standard InChI is InChI=1S/C25H20N2O2/c1-2-27-22-14-13-21(19-11-6-12-20(24(19)22)25(27)29)26-23(28)15-17-9-5-8-16-7-3-4-10-18(16)17/h3-14H,2,15H2,1H3,(H,26,28). The van der Waals surface area contributed by atoms with Crippen molar-refractivity contribution in [3.05, 3.63) is 83.9 Å². The maximum Gasteiger partial charge on any atom is 0.258 e. The van der Waals surface area contributed by atoms with Gasteiger partial charge in [0.05, 0.1) is 12.1 Å². The number of nitrogens with zero attached hydrogens (tertiary/aromatic N) is 1. The van der Waals surface area contributed by atoms with Crippen molar-refractivity contribution in [2.24, 2.45) is 0 Å². The summed E-state index contributed by atoms with van der Waals surface area (Å²) in [5.41, 5.74) is 3.35. The molecule has 4 aromatic rings. The molecule has 0 saturated carbocycles. The lowest BCUT2D eigenvalue weighted by Crippen LogP contribution is -2.25. The van der Waals surface area contributed by atoms with Crippen molar-refractivity contribution in [3.63, 3.8) is 0 Å². The molecule has 0 unspecified atom stereocenters. The van der Waals surface area contributed by atoms with Crippen LogP contribution in [0.25, 0.3) is 21.5 Å². The van der Waals surface area contributed by atoms with Crippen LogP contribution in [-0.2, 0) is 11.2 Å². The summed E-state index contributed by atoms with van der Waals surface area (Å²) in [5, 5.41) is 7.10. The molecule has 0 atom stereocenters. The van der Waals surface area contributed by atoms with Crippen LogP contribution < -0.4 is 10.2 Å².